The number of amides is 2. The van der Waals surface area contributed by atoms with E-state index in [4.69, 9.17) is 9.47 Å². The van der Waals surface area contributed by atoms with E-state index in [0.717, 1.165) is 33.4 Å². The Bertz CT molecular complexity index is 1580. The van der Waals surface area contributed by atoms with E-state index < -0.39 is 30.3 Å². The SMILES string of the molecule is C=CCN(C)CC1OC(c2cccc(-c3cccc(CNC(=O)C4CCCN4C(=O)C(F)(F)F)c3)c2)OC(c2ccc(CO)cc2)C1C. The van der Waals surface area contributed by atoms with Crippen molar-refractivity contribution in [2.45, 2.75) is 63.6 Å². The molecule has 2 aliphatic rings. The van der Waals surface area contributed by atoms with Gasteiger partial charge in [0, 0.05) is 37.7 Å². The molecule has 11 heteroatoms. The highest BCUT2D eigenvalue weighted by Crippen LogP contribution is 2.42. The normalized spacial score (nSPS) is 22.9. The predicted octanol–water partition coefficient (Wildman–Crippen LogP) is 5.92. The van der Waals surface area contributed by atoms with E-state index in [-0.39, 0.29) is 44.2 Å². The van der Waals surface area contributed by atoms with Crippen LogP contribution in [0.4, 0.5) is 13.2 Å². The van der Waals surface area contributed by atoms with E-state index in [0.29, 0.717) is 24.4 Å². The Labute approximate surface area is 279 Å². The standard InChI is InChI=1S/C37H42F3N3O5/c1-4-17-42(3)22-32-24(2)33(27-15-13-25(23-44)14-16-27)48-35(47-32)30-11-6-10-29(20-30)28-9-5-8-26(19-28)21-41-34(45)31-12-7-18-43(31)36(46)37(38,39)40/h4-6,8-11,13-16,19-20,24,31-33,35,44H,1,7,12,17-18,21-23H2,2-3H3,(H,41,45). The van der Waals surface area contributed by atoms with Gasteiger partial charge < -0.3 is 29.7 Å². The minimum atomic E-state index is -5.02. The Morgan fingerprint density at radius 3 is 2.42 bits per heavy atom. The lowest BCUT2D eigenvalue weighted by Crippen LogP contribution is -2.50. The Morgan fingerprint density at radius 1 is 1.02 bits per heavy atom. The molecule has 48 heavy (non-hydrogen) atoms. The molecule has 0 aliphatic carbocycles. The maximum absolute atomic E-state index is 13.0. The molecule has 2 aliphatic heterocycles. The third-order valence-electron chi connectivity index (χ3n) is 9.00. The van der Waals surface area contributed by atoms with Crippen molar-refractivity contribution in [2.24, 2.45) is 5.92 Å². The first-order valence-corrected chi connectivity index (χ1v) is 16.1. The number of carbonyl (C=O) groups excluding carboxylic acids is 2. The maximum Gasteiger partial charge on any atom is 0.471 e. The highest BCUT2D eigenvalue weighted by molar-refractivity contribution is 5.90. The second kappa shape index (κ2) is 15.5. The number of nitrogens with one attached hydrogen (secondary N) is 1. The molecule has 8 nitrogen and oxygen atoms in total. The molecule has 0 radical (unpaired) electrons. The molecule has 2 saturated heterocycles. The van der Waals surface area contributed by atoms with E-state index >= 15 is 0 Å². The van der Waals surface area contributed by atoms with Crippen molar-refractivity contribution in [3.05, 3.63) is 108 Å². The van der Waals surface area contributed by atoms with Crippen molar-refractivity contribution in [2.75, 3.05) is 26.7 Å². The monoisotopic (exact) mass is 665 g/mol. The van der Waals surface area contributed by atoms with E-state index in [1.807, 2.05) is 85.9 Å². The minimum absolute atomic E-state index is 0.0338. The van der Waals surface area contributed by atoms with Gasteiger partial charge in [0.05, 0.1) is 18.8 Å². The molecule has 2 amide bonds. The van der Waals surface area contributed by atoms with Crippen LogP contribution in [0, 0.1) is 5.92 Å². The van der Waals surface area contributed by atoms with Crippen molar-refractivity contribution in [3.8, 4) is 11.1 Å². The summed E-state index contributed by atoms with van der Waals surface area (Å²) in [5, 5.41) is 12.2. The molecule has 5 atom stereocenters. The quantitative estimate of drug-likeness (QED) is 0.247. The second-order valence-corrected chi connectivity index (χ2v) is 12.5. The highest BCUT2D eigenvalue weighted by Gasteiger charge is 2.47. The molecule has 2 heterocycles. The number of carbonyl (C=O) groups is 2. The number of hydrogen-bond donors (Lipinski definition) is 2. The van der Waals surface area contributed by atoms with Crippen LogP contribution in [0.25, 0.3) is 11.1 Å². The molecule has 3 aromatic carbocycles. The van der Waals surface area contributed by atoms with Crippen molar-refractivity contribution >= 4 is 11.8 Å². The summed E-state index contributed by atoms with van der Waals surface area (Å²) in [4.78, 5) is 27.4. The number of likely N-dealkylation sites (N-methyl/N-ethyl adjacent to an activating group) is 1. The van der Waals surface area contributed by atoms with Crippen LogP contribution in [0.3, 0.4) is 0 Å². The minimum Gasteiger partial charge on any atom is -0.392 e. The van der Waals surface area contributed by atoms with E-state index in [1.165, 1.54) is 0 Å². The summed E-state index contributed by atoms with van der Waals surface area (Å²) in [6.45, 7) is 7.32. The summed E-state index contributed by atoms with van der Waals surface area (Å²) in [7, 11) is 2.02. The molecule has 2 fully saturated rings. The first-order chi connectivity index (χ1) is 23.0. The third-order valence-corrected chi connectivity index (χ3v) is 9.00. The van der Waals surface area contributed by atoms with Crippen molar-refractivity contribution in [1.29, 1.82) is 0 Å². The Kier molecular flexibility index (Phi) is 11.4. The number of aliphatic hydroxyl groups is 1. The summed E-state index contributed by atoms with van der Waals surface area (Å²) >= 11 is 0. The molecule has 0 bridgehead atoms. The number of rotatable bonds is 11. The van der Waals surface area contributed by atoms with Gasteiger partial charge in [-0.15, -0.1) is 6.58 Å². The van der Waals surface area contributed by atoms with Crippen LogP contribution in [0.2, 0.25) is 0 Å². The second-order valence-electron chi connectivity index (χ2n) is 12.5. The largest absolute Gasteiger partial charge is 0.471 e. The molecule has 2 N–H and O–H groups in total. The Hall–Kier alpha value is -4.03. The van der Waals surface area contributed by atoms with Crippen LogP contribution in [0.15, 0.2) is 85.5 Å². The molecular formula is C37H42F3N3O5. The van der Waals surface area contributed by atoms with Gasteiger partial charge in [-0.1, -0.05) is 73.7 Å². The Balaban J connectivity index is 1.32. The lowest BCUT2D eigenvalue weighted by molar-refractivity contribution is -0.275. The van der Waals surface area contributed by atoms with Gasteiger partial charge in [-0.3, -0.25) is 9.59 Å². The van der Waals surface area contributed by atoms with Gasteiger partial charge in [-0.25, -0.2) is 0 Å². The zero-order valence-corrected chi connectivity index (χ0v) is 27.2. The number of ether oxygens (including phenoxy) is 2. The summed E-state index contributed by atoms with van der Waals surface area (Å²) in [5.74, 6) is -2.55. The maximum atomic E-state index is 13.0. The van der Waals surface area contributed by atoms with E-state index in [9.17, 15) is 27.9 Å². The molecular weight excluding hydrogens is 623 g/mol. The highest BCUT2D eigenvalue weighted by atomic mass is 19.4. The Morgan fingerprint density at radius 2 is 1.73 bits per heavy atom. The zero-order chi connectivity index (χ0) is 34.4. The summed E-state index contributed by atoms with van der Waals surface area (Å²) in [6.07, 6.45) is -3.69. The van der Waals surface area contributed by atoms with Gasteiger partial charge in [0.1, 0.15) is 6.04 Å². The fourth-order valence-electron chi connectivity index (χ4n) is 6.41. The fourth-order valence-corrected chi connectivity index (χ4v) is 6.41. The molecule has 0 spiro atoms. The number of likely N-dealkylation sites (tertiary alicyclic amines) is 1. The fraction of sp³-hybridized carbons (Fsp3) is 0.405. The molecule has 5 unspecified atom stereocenters. The van der Waals surface area contributed by atoms with Gasteiger partial charge in [0.25, 0.3) is 0 Å². The lowest BCUT2D eigenvalue weighted by Gasteiger charge is -2.42. The average Bonchev–Trinajstić information content (AvgIpc) is 3.58. The van der Waals surface area contributed by atoms with Crippen LogP contribution in [-0.2, 0) is 32.2 Å². The molecule has 5 rings (SSSR count). The van der Waals surface area contributed by atoms with Crippen molar-refractivity contribution in [1.82, 2.24) is 15.1 Å². The van der Waals surface area contributed by atoms with Crippen LogP contribution in [0.5, 0.6) is 0 Å². The van der Waals surface area contributed by atoms with E-state index in [2.05, 4.69) is 23.7 Å². The first kappa shape index (κ1) is 35.3. The smallest absolute Gasteiger partial charge is 0.392 e. The first-order valence-electron chi connectivity index (χ1n) is 16.1. The summed E-state index contributed by atoms with van der Waals surface area (Å²) in [5.41, 5.74) is 5.19. The van der Waals surface area contributed by atoms with Gasteiger partial charge in [0.15, 0.2) is 6.29 Å². The predicted molar refractivity (Wildman–Crippen MR) is 175 cm³/mol. The van der Waals surface area contributed by atoms with Crippen LogP contribution in [0.1, 0.15) is 54.4 Å². The van der Waals surface area contributed by atoms with Crippen LogP contribution in [-0.4, -0.2) is 71.7 Å². The number of nitrogens with zero attached hydrogens (tertiary/aromatic N) is 2. The number of alkyl halides is 3. The van der Waals surface area contributed by atoms with Gasteiger partial charge in [0.2, 0.25) is 5.91 Å². The number of benzene rings is 3. The number of aliphatic hydroxyl groups excluding tert-OH is 1. The third kappa shape index (κ3) is 8.33. The van der Waals surface area contributed by atoms with Gasteiger partial charge in [-0.2, -0.15) is 13.2 Å². The summed E-state index contributed by atoms with van der Waals surface area (Å²) < 4.78 is 52.3. The average molecular weight is 666 g/mol. The topological polar surface area (TPSA) is 91.3 Å². The van der Waals surface area contributed by atoms with Crippen molar-refractivity contribution < 1.29 is 37.3 Å². The van der Waals surface area contributed by atoms with Gasteiger partial charge in [-0.05, 0) is 59.8 Å². The molecule has 0 aromatic heterocycles. The lowest BCUT2D eigenvalue weighted by atomic mass is 9.90. The zero-order valence-electron chi connectivity index (χ0n) is 27.2. The van der Waals surface area contributed by atoms with Crippen LogP contribution < -0.4 is 5.32 Å². The summed E-state index contributed by atoms with van der Waals surface area (Å²) in [6, 6.07) is 22.0. The van der Waals surface area contributed by atoms with Gasteiger partial charge >= 0.3 is 12.1 Å². The molecule has 0 saturated carbocycles. The van der Waals surface area contributed by atoms with Crippen LogP contribution >= 0.6 is 0 Å². The number of halogens is 3. The molecule has 256 valence electrons. The van der Waals surface area contributed by atoms with E-state index in [1.54, 1.807) is 0 Å². The van der Waals surface area contributed by atoms with Crippen molar-refractivity contribution in [3.63, 3.8) is 0 Å². The number of hydrogen-bond acceptors (Lipinski definition) is 6. The molecule has 3 aromatic rings.